The number of aromatic nitrogens is 3. The molecule has 10 nitrogen and oxygen atoms in total. The Morgan fingerprint density at radius 2 is 1.97 bits per heavy atom. The Bertz CT molecular complexity index is 1270. The van der Waals surface area contributed by atoms with Crippen molar-refractivity contribution in [3.63, 3.8) is 0 Å². The molecule has 1 amide bonds. The van der Waals surface area contributed by atoms with Crippen LogP contribution in [0.25, 0.3) is 0 Å². The fourth-order valence-electron chi connectivity index (χ4n) is 4.12. The minimum absolute atomic E-state index is 0.00243. The number of alkyl halides is 6. The molecule has 0 aliphatic carbocycles. The van der Waals surface area contributed by atoms with Gasteiger partial charge in [-0.2, -0.15) is 31.4 Å². The van der Waals surface area contributed by atoms with E-state index in [1.807, 2.05) is 4.57 Å². The molecule has 18 heteroatoms. The van der Waals surface area contributed by atoms with Crippen LogP contribution in [-0.4, -0.2) is 89.1 Å². The summed E-state index contributed by atoms with van der Waals surface area (Å²) in [6.07, 6.45) is -7.27. The quantitative estimate of drug-likeness (QED) is 0.284. The first-order valence-corrected chi connectivity index (χ1v) is 13.9. The summed E-state index contributed by atoms with van der Waals surface area (Å²) in [6.45, 7) is 2.04. The molecular weight excluding hydrogens is 570 g/mol. The van der Waals surface area contributed by atoms with Gasteiger partial charge in [0.15, 0.2) is 11.6 Å². The Kier molecular flexibility index (Phi) is 7.99. The van der Waals surface area contributed by atoms with Crippen LogP contribution in [0.15, 0.2) is 23.3 Å². The summed E-state index contributed by atoms with van der Waals surface area (Å²) >= 11 is 0. The zero-order valence-electron chi connectivity index (χ0n) is 20.4. The maximum absolute atomic E-state index is 13.3. The number of nitrogens with zero attached hydrogens (tertiary/aromatic N) is 4. The van der Waals surface area contributed by atoms with Crippen molar-refractivity contribution in [2.45, 2.75) is 30.9 Å². The normalized spacial score (nSPS) is 17.6. The van der Waals surface area contributed by atoms with E-state index in [1.165, 1.54) is 6.92 Å². The number of hydrogen-bond donors (Lipinski definition) is 2. The number of aromatic amines is 1. The Morgan fingerprint density at radius 1 is 1.23 bits per heavy atom. The predicted octanol–water partition coefficient (Wildman–Crippen LogP) is 1.72. The third-order valence-electron chi connectivity index (χ3n) is 5.91. The van der Waals surface area contributed by atoms with Gasteiger partial charge in [-0.1, -0.05) is 0 Å². The van der Waals surface area contributed by atoms with Crippen molar-refractivity contribution in [2.75, 3.05) is 48.6 Å². The van der Waals surface area contributed by atoms with E-state index in [2.05, 4.69) is 25.6 Å². The van der Waals surface area contributed by atoms with Gasteiger partial charge in [0.05, 0.1) is 47.3 Å². The standard InChI is InChI=1S/C21H22F6N6O4Si2/c1-19(38,30-13-8-29-31-18(35)16(13)21(25,26)27)9-36-5-2-15(34)32-3-4-33-17-14(37-11-39(33)10-32)6-12(7-28-17)20(22,23)24/h6-8H,2-5,9-11H2,1H3,(H2,30,31,35)/t19-/m0/s1. The van der Waals surface area contributed by atoms with Crippen LogP contribution >= 0.6 is 0 Å². The number of hydrogen-bond acceptors (Lipinski definition) is 8. The summed E-state index contributed by atoms with van der Waals surface area (Å²) in [5.41, 5.74) is -4.25. The minimum atomic E-state index is -4.91. The lowest BCUT2D eigenvalue weighted by molar-refractivity contribution is -0.138. The maximum Gasteiger partial charge on any atom is 0.423 e. The second-order valence-corrected chi connectivity index (χ2v) is 12.5. The summed E-state index contributed by atoms with van der Waals surface area (Å²) in [7, 11) is 1.83. The SMILES string of the molecule is C[C@]([Si])(COCCC(=O)N1CCN2c3ncc(C(F)(F)F)cc3OC[Si]2C1)Nc1cn[nH]c(=O)c1C(F)(F)F. The first-order chi connectivity index (χ1) is 18.2. The highest BCUT2D eigenvalue weighted by Gasteiger charge is 2.40. The van der Waals surface area contributed by atoms with Gasteiger partial charge in [-0.25, -0.2) is 10.1 Å². The fraction of sp³-hybridized carbons (Fsp3) is 0.524. The van der Waals surface area contributed by atoms with E-state index in [0.717, 1.165) is 18.5 Å². The van der Waals surface area contributed by atoms with Crippen LogP contribution in [0.2, 0.25) is 0 Å². The third-order valence-corrected chi connectivity index (χ3v) is 8.61. The van der Waals surface area contributed by atoms with E-state index in [9.17, 15) is 35.9 Å². The molecule has 0 spiro atoms. The van der Waals surface area contributed by atoms with Crippen molar-refractivity contribution >= 4 is 36.6 Å². The van der Waals surface area contributed by atoms with E-state index >= 15 is 0 Å². The monoisotopic (exact) mass is 592 g/mol. The molecule has 2 N–H and O–H groups in total. The van der Waals surface area contributed by atoms with E-state index in [0.29, 0.717) is 25.1 Å². The van der Waals surface area contributed by atoms with Crippen molar-refractivity contribution in [1.82, 2.24) is 20.1 Å². The van der Waals surface area contributed by atoms with Gasteiger partial charge in [-0.15, -0.1) is 0 Å². The number of pyridine rings is 1. The van der Waals surface area contributed by atoms with E-state index in [-0.39, 0.29) is 37.5 Å². The smallest absolute Gasteiger partial charge is 0.423 e. The van der Waals surface area contributed by atoms with Crippen LogP contribution < -0.4 is 20.2 Å². The first kappa shape index (κ1) is 28.9. The Hall–Kier alpha value is -3.13. The first-order valence-electron chi connectivity index (χ1n) is 11.5. The van der Waals surface area contributed by atoms with Gasteiger partial charge in [-0.3, -0.25) is 9.59 Å². The van der Waals surface area contributed by atoms with E-state index in [4.69, 9.17) is 9.47 Å². The molecule has 1 atom stereocenters. The number of carbonyl (C=O) groups excluding carboxylic acids is 1. The molecule has 0 aromatic carbocycles. The van der Waals surface area contributed by atoms with Crippen LogP contribution in [0.3, 0.4) is 0 Å². The zero-order chi connectivity index (χ0) is 28.6. The molecule has 4 heterocycles. The highest BCUT2D eigenvalue weighted by molar-refractivity contribution is 6.64. The molecule has 39 heavy (non-hydrogen) atoms. The lowest BCUT2D eigenvalue weighted by atomic mass is 10.2. The van der Waals surface area contributed by atoms with Crippen LogP contribution in [-0.2, 0) is 21.9 Å². The number of anilines is 2. The lowest BCUT2D eigenvalue weighted by Crippen LogP contribution is -2.62. The minimum Gasteiger partial charge on any atom is -0.491 e. The maximum atomic E-state index is 13.3. The number of halogens is 6. The topological polar surface area (TPSA) is 113 Å². The summed E-state index contributed by atoms with van der Waals surface area (Å²) in [4.78, 5) is 30.0. The van der Waals surface area contributed by atoms with Crippen LogP contribution in [0.5, 0.6) is 5.75 Å². The van der Waals surface area contributed by atoms with Crippen LogP contribution in [0.4, 0.5) is 37.8 Å². The van der Waals surface area contributed by atoms with E-state index < -0.39 is 48.8 Å². The van der Waals surface area contributed by atoms with Gasteiger partial charge in [0.25, 0.3) is 5.56 Å². The second-order valence-electron chi connectivity index (χ2n) is 9.11. The molecular formula is C21H22F6N6O4Si2. The molecule has 4 radical (unpaired) electrons. The number of fused-ring (bicyclic) bond motifs is 3. The van der Waals surface area contributed by atoms with Gasteiger partial charge in [0, 0.05) is 30.6 Å². The van der Waals surface area contributed by atoms with Crippen LogP contribution in [0, 0.1) is 0 Å². The van der Waals surface area contributed by atoms with Crippen molar-refractivity contribution in [3.05, 3.63) is 39.9 Å². The number of rotatable bonds is 7. The molecule has 0 saturated carbocycles. The van der Waals surface area contributed by atoms with Crippen molar-refractivity contribution in [3.8, 4) is 5.75 Å². The average molecular weight is 593 g/mol. The number of ether oxygens (including phenoxy) is 2. The molecule has 210 valence electrons. The number of H-pyrrole nitrogens is 1. The average Bonchev–Trinajstić information content (AvgIpc) is 2.84. The Balaban J connectivity index is 1.27. The molecule has 2 aliphatic rings. The zero-order valence-corrected chi connectivity index (χ0v) is 22.4. The van der Waals surface area contributed by atoms with Gasteiger partial charge in [0.2, 0.25) is 14.9 Å². The molecule has 0 bridgehead atoms. The van der Waals surface area contributed by atoms with Gasteiger partial charge < -0.3 is 24.3 Å². The molecule has 1 saturated heterocycles. The Morgan fingerprint density at radius 3 is 2.67 bits per heavy atom. The molecule has 2 aromatic heterocycles. The number of amides is 1. The van der Waals surface area contributed by atoms with E-state index in [1.54, 1.807) is 10.00 Å². The lowest BCUT2D eigenvalue weighted by Gasteiger charge is -2.43. The molecule has 4 rings (SSSR count). The molecule has 2 aromatic rings. The van der Waals surface area contributed by atoms with Crippen molar-refractivity contribution in [1.29, 1.82) is 0 Å². The molecule has 1 fully saturated rings. The predicted molar refractivity (Wildman–Crippen MR) is 127 cm³/mol. The van der Waals surface area contributed by atoms with Crippen LogP contribution in [0.1, 0.15) is 24.5 Å². The van der Waals surface area contributed by atoms with Gasteiger partial charge in [0.1, 0.15) is 11.8 Å². The summed E-state index contributed by atoms with van der Waals surface area (Å²) in [5, 5.41) is 6.47. The van der Waals surface area contributed by atoms with Crippen molar-refractivity contribution in [2.24, 2.45) is 0 Å². The fourth-order valence-corrected chi connectivity index (χ4v) is 6.76. The summed E-state index contributed by atoms with van der Waals surface area (Å²) < 4.78 is 91.7. The highest BCUT2D eigenvalue weighted by Crippen LogP contribution is 2.37. The number of carbonyl (C=O) groups is 1. The van der Waals surface area contributed by atoms with Gasteiger partial charge >= 0.3 is 12.4 Å². The largest absolute Gasteiger partial charge is 0.491 e. The summed E-state index contributed by atoms with van der Waals surface area (Å²) in [5.74, 6) is 0.197. The third kappa shape index (κ3) is 6.72. The summed E-state index contributed by atoms with van der Waals surface area (Å²) in [6, 6.07) is 0.929. The second kappa shape index (κ2) is 10.8. The number of nitrogens with one attached hydrogen (secondary N) is 2. The highest BCUT2D eigenvalue weighted by atomic mass is 28.3. The Labute approximate surface area is 222 Å². The molecule has 0 unspecified atom stereocenters. The van der Waals surface area contributed by atoms with Crippen molar-refractivity contribution < 1.29 is 40.6 Å². The van der Waals surface area contributed by atoms with Gasteiger partial charge in [-0.05, 0) is 13.0 Å². The molecule has 2 aliphatic heterocycles.